The van der Waals surface area contributed by atoms with Crippen LogP contribution in [0.3, 0.4) is 0 Å². The molecule has 0 spiro atoms. The van der Waals surface area contributed by atoms with E-state index in [1.165, 1.54) is 0 Å². The van der Waals surface area contributed by atoms with Crippen molar-refractivity contribution in [3.63, 3.8) is 0 Å². The number of hydrogen-bond donors (Lipinski definition) is 1. The highest BCUT2D eigenvalue weighted by Crippen LogP contribution is 2.23. The van der Waals surface area contributed by atoms with Gasteiger partial charge in [0.2, 0.25) is 11.7 Å². The van der Waals surface area contributed by atoms with Crippen molar-refractivity contribution >= 4 is 0 Å². The molecule has 0 bridgehead atoms. The summed E-state index contributed by atoms with van der Waals surface area (Å²) in [6.45, 7) is 4.04. The number of nitrogens with zero attached hydrogens (tertiary/aromatic N) is 2. The van der Waals surface area contributed by atoms with E-state index in [1.807, 2.05) is 13.8 Å². The van der Waals surface area contributed by atoms with Crippen LogP contribution in [0.4, 0.5) is 0 Å². The number of rotatable bonds is 5. The lowest BCUT2D eigenvalue weighted by Gasteiger charge is -2.14. The first kappa shape index (κ1) is 12.7. The zero-order valence-corrected chi connectivity index (χ0v) is 9.80. The van der Waals surface area contributed by atoms with E-state index in [1.54, 1.807) is 7.11 Å². The maximum absolute atomic E-state index is 5.76. The van der Waals surface area contributed by atoms with Crippen LogP contribution >= 0.6 is 0 Å². The highest BCUT2D eigenvalue weighted by Gasteiger charge is 2.23. The minimum atomic E-state index is -0.407. The molecule has 2 unspecified atom stereocenters. The molecule has 2 N–H and O–H groups in total. The number of nitrogens with two attached hydrogens (primary N) is 1. The van der Waals surface area contributed by atoms with Crippen LogP contribution in [-0.2, 0) is 4.74 Å². The summed E-state index contributed by atoms with van der Waals surface area (Å²) in [6, 6.07) is -0.407. The van der Waals surface area contributed by atoms with E-state index in [2.05, 4.69) is 16.1 Å². The van der Waals surface area contributed by atoms with Gasteiger partial charge in [-0.1, -0.05) is 19.0 Å². The van der Waals surface area contributed by atoms with Gasteiger partial charge in [-0.2, -0.15) is 4.98 Å². The lowest BCUT2D eigenvalue weighted by molar-refractivity contribution is 0.0555. The molecule has 88 valence electrons. The summed E-state index contributed by atoms with van der Waals surface area (Å²) in [5.74, 6) is 3.59. The molecule has 1 aromatic heterocycles. The van der Waals surface area contributed by atoms with E-state index in [0.29, 0.717) is 18.1 Å². The third-order valence-corrected chi connectivity index (χ3v) is 2.23. The molecule has 0 aliphatic rings. The molecular weight excluding hydrogens is 206 g/mol. The minimum absolute atomic E-state index is 0.185. The first-order valence-electron chi connectivity index (χ1n) is 5.15. The van der Waals surface area contributed by atoms with Gasteiger partial charge in [-0.15, -0.1) is 12.3 Å². The average molecular weight is 223 g/mol. The topological polar surface area (TPSA) is 74.2 Å². The molecule has 0 amide bonds. The number of hydrogen-bond acceptors (Lipinski definition) is 5. The van der Waals surface area contributed by atoms with Crippen LogP contribution in [0, 0.1) is 18.3 Å². The van der Waals surface area contributed by atoms with Crippen LogP contribution in [0.5, 0.6) is 0 Å². The van der Waals surface area contributed by atoms with Gasteiger partial charge >= 0.3 is 0 Å². The van der Waals surface area contributed by atoms with Gasteiger partial charge < -0.3 is 15.0 Å². The molecular formula is C11H17N3O2. The number of methoxy groups -OCH3 is 1. The van der Waals surface area contributed by atoms with Gasteiger partial charge in [0, 0.05) is 13.5 Å². The second-order valence-electron chi connectivity index (χ2n) is 3.91. The molecule has 0 fully saturated rings. The Labute approximate surface area is 95.4 Å². The van der Waals surface area contributed by atoms with Crippen molar-refractivity contribution in [3.8, 4) is 12.3 Å². The summed E-state index contributed by atoms with van der Waals surface area (Å²) in [4.78, 5) is 4.20. The Hall–Kier alpha value is -1.38. The van der Waals surface area contributed by atoms with Gasteiger partial charge in [-0.25, -0.2) is 0 Å². The summed E-state index contributed by atoms with van der Waals surface area (Å²) in [5.41, 5.74) is 5.76. The molecule has 1 aromatic rings. The molecule has 0 saturated carbocycles. The van der Waals surface area contributed by atoms with Gasteiger partial charge in [0.15, 0.2) is 0 Å². The van der Waals surface area contributed by atoms with Gasteiger partial charge in [-0.3, -0.25) is 0 Å². The molecule has 16 heavy (non-hydrogen) atoms. The van der Waals surface area contributed by atoms with E-state index in [0.717, 1.165) is 0 Å². The molecule has 0 radical (unpaired) electrons. The molecule has 1 heterocycles. The second kappa shape index (κ2) is 5.64. The fraction of sp³-hybridized carbons (Fsp3) is 0.636. The van der Waals surface area contributed by atoms with Crippen LogP contribution in [0.25, 0.3) is 0 Å². The zero-order valence-electron chi connectivity index (χ0n) is 9.80. The molecule has 1 rings (SSSR count). The van der Waals surface area contributed by atoms with Crippen LogP contribution in [0.2, 0.25) is 0 Å². The Balaban J connectivity index is 2.82. The molecule has 5 nitrogen and oxygen atoms in total. The monoisotopic (exact) mass is 223 g/mol. The third-order valence-electron chi connectivity index (χ3n) is 2.23. The predicted octanol–water partition coefficient (Wildman–Crippen LogP) is 1.44. The largest absolute Gasteiger partial charge is 0.373 e. The molecule has 0 aliphatic carbocycles. The highest BCUT2D eigenvalue weighted by atomic mass is 16.5. The normalized spacial score (nSPS) is 14.8. The van der Waals surface area contributed by atoms with Crippen LogP contribution in [-0.4, -0.2) is 17.3 Å². The summed E-state index contributed by atoms with van der Waals surface area (Å²) in [5, 5.41) is 3.85. The fourth-order valence-electron chi connectivity index (χ4n) is 1.40. The standard InChI is InChI=1S/C11H17N3O2/c1-5-6-8(12)11-13-10(14-16-11)9(15-4)7(2)3/h1,7-9H,6,12H2,2-4H3. The maximum Gasteiger partial charge on any atom is 0.244 e. The van der Waals surface area contributed by atoms with E-state index in [-0.39, 0.29) is 12.0 Å². The zero-order chi connectivity index (χ0) is 12.1. The van der Waals surface area contributed by atoms with E-state index in [9.17, 15) is 0 Å². The van der Waals surface area contributed by atoms with Crippen molar-refractivity contribution in [2.75, 3.05) is 7.11 Å². The third kappa shape index (κ3) is 2.81. The number of terminal acetylenes is 1. The smallest absolute Gasteiger partial charge is 0.244 e. The van der Waals surface area contributed by atoms with Crippen molar-refractivity contribution in [1.82, 2.24) is 10.1 Å². The Morgan fingerprint density at radius 3 is 2.75 bits per heavy atom. The quantitative estimate of drug-likeness (QED) is 0.764. The average Bonchev–Trinajstić information content (AvgIpc) is 2.68. The van der Waals surface area contributed by atoms with Crippen LogP contribution in [0.1, 0.15) is 44.1 Å². The van der Waals surface area contributed by atoms with E-state index >= 15 is 0 Å². The van der Waals surface area contributed by atoms with Gasteiger partial charge in [0.1, 0.15) is 6.10 Å². The van der Waals surface area contributed by atoms with Crippen molar-refractivity contribution in [2.45, 2.75) is 32.4 Å². The van der Waals surface area contributed by atoms with Crippen molar-refractivity contribution < 1.29 is 9.26 Å². The summed E-state index contributed by atoms with van der Waals surface area (Å²) >= 11 is 0. The first-order valence-corrected chi connectivity index (χ1v) is 5.15. The van der Waals surface area contributed by atoms with Gasteiger partial charge in [0.05, 0.1) is 6.04 Å². The van der Waals surface area contributed by atoms with Crippen LogP contribution in [0.15, 0.2) is 4.52 Å². The Kier molecular flexibility index (Phi) is 4.47. The van der Waals surface area contributed by atoms with E-state index < -0.39 is 6.04 Å². The van der Waals surface area contributed by atoms with Gasteiger partial charge in [-0.05, 0) is 5.92 Å². The van der Waals surface area contributed by atoms with Crippen LogP contribution < -0.4 is 5.73 Å². The van der Waals surface area contributed by atoms with Crippen molar-refractivity contribution in [1.29, 1.82) is 0 Å². The first-order chi connectivity index (χ1) is 7.60. The minimum Gasteiger partial charge on any atom is -0.373 e. The van der Waals surface area contributed by atoms with Crippen molar-refractivity contribution in [3.05, 3.63) is 11.7 Å². The molecule has 2 atom stereocenters. The maximum atomic E-state index is 5.76. The lowest BCUT2D eigenvalue weighted by atomic mass is 10.1. The SMILES string of the molecule is C#CCC(N)c1nc(C(OC)C(C)C)no1. The number of ether oxygens (including phenoxy) is 1. The summed E-state index contributed by atoms with van der Waals surface area (Å²) < 4.78 is 10.3. The van der Waals surface area contributed by atoms with Crippen molar-refractivity contribution in [2.24, 2.45) is 11.7 Å². The number of aromatic nitrogens is 2. The Bertz CT molecular complexity index is 368. The second-order valence-corrected chi connectivity index (χ2v) is 3.91. The summed E-state index contributed by atoms with van der Waals surface area (Å²) in [7, 11) is 1.61. The summed E-state index contributed by atoms with van der Waals surface area (Å²) in [6.07, 6.45) is 5.35. The van der Waals surface area contributed by atoms with Gasteiger partial charge in [0.25, 0.3) is 0 Å². The molecule has 0 aliphatic heterocycles. The lowest BCUT2D eigenvalue weighted by Crippen LogP contribution is -2.12. The Morgan fingerprint density at radius 2 is 2.25 bits per heavy atom. The highest BCUT2D eigenvalue weighted by molar-refractivity contribution is 5.00. The Morgan fingerprint density at radius 1 is 1.56 bits per heavy atom. The fourth-order valence-corrected chi connectivity index (χ4v) is 1.40. The molecule has 5 heteroatoms. The van der Waals surface area contributed by atoms with E-state index in [4.69, 9.17) is 21.4 Å². The molecule has 0 aromatic carbocycles. The predicted molar refractivity (Wildman–Crippen MR) is 59.3 cm³/mol. The molecule has 0 saturated heterocycles.